The fourth-order valence-electron chi connectivity index (χ4n) is 2.54. The maximum absolute atomic E-state index is 10.7. The highest BCUT2D eigenvalue weighted by Gasteiger charge is 2.23. The molecule has 5 nitrogen and oxygen atoms in total. The van der Waals surface area contributed by atoms with E-state index < -0.39 is 12.1 Å². The predicted molar refractivity (Wildman–Crippen MR) is 83.5 cm³/mol. The Hall–Kier alpha value is -2.40. The molecule has 0 bridgehead atoms. The summed E-state index contributed by atoms with van der Waals surface area (Å²) < 4.78 is 4.59. The number of nitrogens with one attached hydrogen (secondary N) is 1. The number of ether oxygens (including phenoxy) is 1. The molecule has 0 saturated carbocycles. The van der Waals surface area contributed by atoms with Crippen LogP contribution in [0, 0.1) is 12.3 Å². The molecular formula is C16H19N3O2. The highest BCUT2D eigenvalue weighted by molar-refractivity contribution is 5.92. The summed E-state index contributed by atoms with van der Waals surface area (Å²) >= 11 is 0. The second kappa shape index (κ2) is 5.93. The number of hydrogen-bond donors (Lipinski definition) is 3. The van der Waals surface area contributed by atoms with Crippen LogP contribution in [0.5, 0.6) is 0 Å². The number of hydrogen-bond acceptors (Lipinski definition) is 4. The van der Waals surface area contributed by atoms with Crippen molar-refractivity contribution in [1.82, 2.24) is 0 Å². The van der Waals surface area contributed by atoms with Gasteiger partial charge in [-0.25, -0.2) is 4.79 Å². The van der Waals surface area contributed by atoms with Gasteiger partial charge in [-0.15, -0.1) is 0 Å². The summed E-state index contributed by atoms with van der Waals surface area (Å²) in [6, 6.07) is 11.3. The van der Waals surface area contributed by atoms with Crippen LogP contribution in [-0.4, -0.2) is 18.0 Å². The van der Waals surface area contributed by atoms with Crippen LogP contribution in [0.3, 0.4) is 0 Å². The van der Waals surface area contributed by atoms with Crippen LogP contribution >= 0.6 is 0 Å². The molecule has 0 heterocycles. The fourth-order valence-corrected chi connectivity index (χ4v) is 2.54. The summed E-state index contributed by atoms with van der Waals surface area (Å²) in [5.41, 5.74) is 13.1. The highest BCUT2D eigenvalue weighted by Crippen LogP contribution is 2.29. The Kier molecular flexibility index (Phi) is 4.23. The van der Waals surface area contributed by atoms with E-state index in [4.69, 9.17) is 16.9 Å². The molecule has 1 amide bonds. The summed E-state index contributed by atoms with van der Waals surface area (Å²) in [6.45, 7) is 3.94. The van der Waals surface area contributed by atoms with Gasteiger partial charge in [0, 0.05) is 5.92 Å². The lowest BCUT2D eigenvalue weighted by atomic mass is 9.88. The second-order valence-corrected chi connectivity index (χ2v) is 5.12. The topological polar surface area (TPSA) is 102 Å². The second-order valence-electron chi connectivity index (χ2n) is 5.12. The fraction of sp³-hybridized carbons (Fsp3) is 0.250. The normalized spacial score (nSPS) is 13.7. The molecular weight excluding hydrogens is 266 g/mol. The zero-order valence-corrected chi connectivity index (χ0v) is 12.1. The first-order valence-corrected chi connectivity index (χ1v) is 6.71. The number of fused-ring (bicyclic) bond motifs is 1. The largest absolute Gasteiger partial charge is 0.411 e. The summed E-state index contributed by atoms with van der Waals surface area (Å²) in [5.74, 6) is -0.498. The SMILES string of the molecule is Cc1cccc2cccc([C@@H](C)[C@H](N)C(=N)OC(N)=O)c12. The van der Waals surface area contributed by atoms with E-state index >= 15 is 0 Å². The highest BCUT2D eigenvalue weighted by atomic mass is 16.6. The van der Waals surface area contributed by atoms with Crippen molar-refractivity contribution in [1.29, 1.82) is 5.41 Å². The van der Waals surface area contributed by atoms with Gasteiger partial charge >= 0.3 is 6.09 Å². The Bertz CT molecular complexity index is 692. The zero-order chi connectivity index (χ0) is 15.6. The van der Waals surface area contributed by atoms with E-state index in [9.17, 15) is 4.79 Å². The number of aryl methyl sites for hydroxylation is 1. The van der Waals surface area contributed by atoms with E-state index in [1.807, 2.05) is 50.2 Å². The summed E-state index contributed by atoms with van der Waals surface area (Å²) in [5, 5.41) is 9.96. The van der Waals surface area contributed by atoms with Crippen molar-refractivity contribution in [2.24, 2.45) is 11.5 Å². The van der Waals surface area contributed by atoms with E-state index in [-0.39, 0.29) is 11.8 Å². The van der Waals surface area contributed by atoms with Gasteiger partial charge in [-0.1, -0.05) is 43.3 Å². The molecule has 0 aliphatic carbocycles. The third-order valence-corrected chi connectivity index (χ3v) is 3.69. The van der Waals surface area contributed by atoms with Gasteiger partial charge in [0.25, 0.3) is 0 Å². The van der Waals surface area contributed by atoms with E-state index in [0.29, 0.717) is 0 Å². The van der Waals surface area contributed by atoms with Crippen LogP contribution in [0.1, 0.15) is 24.0 Å². The van der Waals surface area contributed by atoms with Gasteiger partial charge in [-0.05, 0) is 28.8 Å². The Balaban J connectivity index is 2.42. The zero-order valence-electron chi connectivity index (χ0n) is 12.1. The van der Waals surface area contributed by atoms with Crippen LogP contribution in [0.4, 0.5) is 4.79 Å². The van der Waals surface area contributed by atoms with Crippen molar-refractivity contribution in [3.05, 3.63) is 47.5 Å². The minimum absolute atomic E-state index is 0.179. The first kappa shape index (κ1) is 15.0. The average molecular weight is 285 g/mol. The smallest absolute Gasteiger partial charge is 0.394 e. The van der Waals surface area contributed by atoms with E-state index in [0.717, 1.165) is 21.9 Å². The lowest BCUT2D eigenvalue weighted by molar-refractivity contribution is 0.204. The molecule has 0 unspecified atom stereocenters. The lowest BCUT2D eigenvalue weighted by Crippen LogP contribution is -2.38. The van der Waals surface area contributed by atoms with Crippen molar-refractivity contribution in [3.63, 3.8) is 0 Å². The molecule has 0 saturated heterocycles. The van der Waals surface area contributed by atoms with Gasteiger partial charge in [0.1, 0.15) is 0 Å². The van der Waals surface area contributed by atoms with Crippen LogP contribution < -0.4 is 11.5 Å². The number of carbonyl (C=O) groups excluding carboxylic acids is 1. The Labute approximate surface area is 123 Å². The summed E-state index contributed by atoms with van der Waals surface area (Å²) in [4.78, 5) is 10.7. The van der Waals surface area contributed by atoms with Crippen LogP contribution in [0.25, 0.3) is 10.8 Å². The van der Waals surface area contributed by atoms with Crippen molar-refractivity contribution < 1.29 is 9.53 Å². The Morgan fingerprint density at radius 1 is 1.24 bits per heavy atom. The Morgan fingerprint density at radius 3 is 2.48 bits per heavy atom. The number of benzene rings is 2. The number of carbonyl (C=O) groups is 1. The maximum Gasteiger partial charge on any atom is 0.411 e. The summed E-state index contributed by atoms with van der Waals surface area (Å²) in [6.07, 6.45) is -1.02. The number of rotatable bonds is 3. The van der Waals surface area contributed by atoms with E-state index in [1.165, 1.54) is 0 Å². The van der Waals surface area contributed by atoms with Crippen molar-refractivity contribution in [3.8, 4) is 0 Å². The molecule has 0 fully saturated rings. The van der Waals surface area contributed by atoms with Crippen LogP contribution in [-0.2, 0) is 4.74 Å². The third-order valence-electron chi connectivity index (χ3n) is 3.69. The first-order chi connectivity index (χ1) is 9.91. The quantitative estimate of drug-likeness (QED) is 0.596. The molecule has 5 N–H and O–H groups in total. The molecule has 110 valence electrons. The van der Waals surface area contributed by atoms with Gasteiger partial charge in [-0.3, -0.25) is 5.41 Å². The van der Waals surface area contributed by atoms with Crippen LogP contribution in [0.2, 0.25) is 0 Å². The van der Waals surface area contributed by atoms with Gasteiger partial charge in [0.2, 0.25) is 5.90 Å². The molecule has 2 aromatic rings. The van der Waals surface area contributed by atoms with Crippen molar-refractivity contribution in [2.45, 2.75) is 25.8 Å². The monoisotopic (exact) mass is 285 g/mol. The molecule has 0 aliphatic heterocycles. The van der Waals surface area contributed by atoms with Gasteiger partial charge in [0.05, 0.1) is 6.04 Å². The molecule has 2 atom stereocenters. The average Bonchev–Trinajstić information content (AvgIpc) is 2.44. The molecule has 2 aromatic carbocycles. The van der Waals surface area contributed by atoms with Gasteiger partial charge in [-0.2, -0.15) is 0 Å². The van der Waals surface area contributed by atoms with Crippen molar-refractivity contribution in [2.75, 3.05) is 0 Å². The third kappa shape index (κ3) is 3.03. The minimum atomic E-state index is -1.02. The van der Waals surface area contributed by atoms with Gasteiger partial charge < -0.3 is 16.2 Å². The van der Waals surface area contributed by atoms with Crippen molar-refractivity contribution >= 4 is 22.8 Å². The lowest BCUT2D eigenvalue weighted by Gasteiger charge is -2.22. The molecule has 2 rings (SSSR count). The standard InChI is InChI=1S/C16H19N3O2/c1-9-5-3-6-11-7-4-8-12(13(9)11)10(2)14(17)15(18)21-16(19)20/h3-8,10,14,18H,17H2,1-2H3,(H2,19,20)/t10-,14+/m1/s1. The summed E-state index contributed by atoms with van der Waals surface area (Å²) in [7, 11) is 0. The number of nitrogens with two attached hydrogens (primary N) is 2. The molecule has 0 spiro atoms. The van der Waals surface area contributed by atoms with E-state index in [2.05, 4.69) is 4.74 Å². The molecule has 21 heavy (non-hydrogen) atoms. The first-order valence-electron chi connectivity index (χ1n) is 6.71. The van der Waals surface area contributed by atoms with E-state index in [1.54, 1.807) is 0 Å². The molecule has 5 heteroatoms. The molecule has 0 radical (unpaired) electrons. The molecule has 0 aliphatic rings. The number of primary amides is 1. The Morgan fingerprint density at radius 2 is 1.86 bits per heavy atom. The number of amides is 1. The predicted octanol–water partition coefficient (Wildman–Crippen LogP) is 2.65. The van der Waals surface area contributed by atoms with Gasteiger partial charge in [0.15, 0.2) is 0 Å². The minimum Gasteiger partial charge on any atom is -0.394 e. The van der Waals surface area contributed by atoms with Crippen LogP contribution in [0.15, 0.2) is 36.4 Å². The maximum atomic E-state index is 10.7. The molecule has 0 aromatic heterocycles.